The lowest BCUT2D eigenvalue weighted by molar-refractivity contribution is 0.161. The van der Waals surface area contributed by atoms with E-state index in [1.165, 1.54) is 51.4 Å². The number of carbonyl (C=O) groups is 1. The van der Waals surface area contributed by atoms with Crippen LogP contribution in [0.5, 0.6) is 0 Å². The molecule has 0 spiro atoms. The van der Waals surface area contributed by atoms with Crippen molar-refractivity contribution >= 4 is 6.03 Å². The van der Waals surface area contributed by atoms with Gasteiger partial charge in [0.1, 0.15) is 0 Å². The molecular formula is C18H34N2O2. The maximum atomic E-state index is 12.7. The van der Waals surface area contributed by atoms with Gasteiger partial charge in [-0.2, -0.15) is 0 Å². The fourth-order valence-corrected chi connectivity index (χ4v) is 4.27. The van der Waals surface area contributed by atoms with Gasteiger partial charge in [-0.3, -0.25) is 0 Å². The average Bonchev–Trinajstić information content (AvgIpc) is 3.22. The summed E-state index contributed by atoms with van der Waals surface area (Å²) in [5.74, 6) is 1.35. The monoisotopic (exact) mass is 310 g/mol. The van der Waals surface area contributed by atoms with Crippen LogP contribution in [-0.2, 0) is 0 Å². The van der Waals surface area contributed by atoms with E-state index in [9.17, 15) is 9.90 Å². The summed E-state index contributed by atoms with van der Waals surface area (Å²) < 4.78 is 0. The van der Waals surface area contributed by atoms with E-state index in [1.807, 2.05) is 0 Å². The van der Waals surface area contributed by atoms with Gasteiger partial charge in [-0.25, -0.2) is 4.79 Å². The third kappa shape index (κ3) is 4.87. The fourth-order valence-electron chi connectivity index (χ4n) is 4.27. The Labute approximate surface area is 135 Å². The minimum Gasteiger partial charge on any atom is -0.395 e. The molecule has 2 saturated carbocycles. The molecule has 4 heteroatoms. The zero-order valence-electron chi connectivity index (χ0n) is 14.2. The Morgan fingerprint density at radius 2 is 1.64 bits per heavy atom. The number of amides is 2. The Bertz CT molecular complexity index is 307. The number of urea groups is 1. The van der Waals surface area contributed by atoms with Gasteiger partial charge in [-0.15, -0.1) is 0 Å². The van der Waals surface area contributed by atoms with Crippen LogP contribution in [-0.4, -0.2) is 41.8 Å². The highest BCUT2D eigenvalue weighted by Gasteiger charge is 2.34. The van der Waals surface area contributed by atoms with Crippen LogP contribution in [0.3, 0.4) is 0 Å². The highest BCUT2D eigenvalue weighted by atomic mass is 16.3. The smallest absolute Gasteiger partial charge is 0.317 e. The minimum atomic E-state index is 0.0475. The van der Waals surface area contributed by atoms with Gasteiger partial charge in [0, 0.05) is 19.1 Å². The van der Waals surface area contributed by atoms with E-state index in [2.05, 4.69) is 12.2 Å². The zero-order valence-corrected chi connectivity index (χ0v) is 14.2. The molecule has 2 aliphatic rings. The molecule has 0 aromatic rings. The molecule has 0 aromatic carbocycles. The summed E-state index contributed by atoms with van der Waals surface area (Å²) in [6.45, 7) is 3.39. The van der Waals surface area contributed by atoms with Gasteiger partial charge in [-0.1, -0.05) is 39.0 Å². The lowest BCUT2D eigenvalue weighted by atomic mass is 9.86. The van der Waals surface area contributed by atoms with Crippen LogP contribution in [0.25, 0.3) is 0 Å². The van der Waals surface area contributed by atoms with Gasteiger partial charge in [0.05, 0.1) is 6.61 Å². The predicted octanol–water partition coefficient (Wildman–Crippen LogP) is 3.54. The van der Waals surface area contributed by atoms with Gasteiger partial charge in [-0.05, 0) is 43.9 Å². The lowest BCUT2D eigenvalue weighted by Gasteiger charge is -2.33. The standard InChI is InChI=1S/C18H34N2O2/c1-2-3-12-20(13-14-21)18(22)19-17(15-8-4-5-9-15)16-10-6-7-11-16/h15-17,21H,2-14H2,1H3,(H,19,22). The third-order valence-electron chi connectivity index (χ3n) is 5.54. The Morgan fingerprint density at radius 3 is 2.09 bits per heavy atom. The first-order valence-corrected chi connectivity index (χ1v) is 9.42. The Kier molecular flexibility index (Phi) is 7.50. The fraction of sp³-hybridized carbons (Fsp3) is 0.944. The van der Waals surface area contributed by atoms with Gasteiger partial charge >= 0.3 is 6.03 Å². The average molecular weight is 310 g/mol. The minimum absolute atomic E-state index is 0.0475. The second kappa shape index (κ2) is 9.39. The summed E-state index contributed by atoms with van der Waals surface area (Å²) in [6.07, 6.45) is 12.5. The van der Waals surface area contributed by atoms with Crippen molar-refractivity contribution in [2.45, 2.75) is 77.2 Å². The van der Waals surface area contributed by atoms with Crippen molar-refractivity contribution in [3.63, 3.8) is 0 Å². The summed E-state index contributed by atoms with van der Waals surface area (Å²) in [4.78, 5) is 14.5. The molecule has 4 nitrogen and oxygen atoms in total. The van der Waals surface area contributed by atoms with E-state index in [4.69, 9.17) is 0 Å². The molecule has 0 aliphatic heterocycles. The third-order valence-corrected chi connectivity index (χ3v) is 5.54. The van der Waals surface area contributed by atoms with Crippen LogP contribution in [0, 0.1) is 11.8 Å². The number of unbranched alkanes of at least 4 members (excludes halogenated alkanes) is 1. The van der Waals surface area contributed by atoms with Crippen molar-refractivity contribution in [3.8, 4) is 0 Å². The lowest BCUT2D eigenvalue weighted by Crippen LogP contribution is -2.50. The zero-order chi connectivity index (χ0) is 15.8. The molecule has 128 valence electrons. The van der Waals surface area contributed by atoms with Gasteiger partial charge in [0.15, 0.2) is 0 Å². The highest BCUT2D eigenvalue weighted by Crippen LogP contribution is 2.37. The molecule has 2 aliphatic carbocycles. The van der Waals surface area contributed by atoms with E-state index >= 15 is 0 Å². The molecule has 0 aromatic heterocycles. The highest BCUT2D eigenvalue weighted by molar-refractivity contribution is 5.74. The van der Waals surface area contributed by atoms with E-state index in [0.717, 1.165) is 19.4 Å². The number of carbonyl (C=O) groups excluding carboxylic acids is 1. The maximum Gasteiger partial charge on any atom is 0.317 e. The van der Waals surface area contributed by atoms with E-state index in [1.54, 1.807) is 4.90 Å². The van der Waals surface area contributed by atoms with Crippen molar-refractivity contribution in [1.82, 2.24) is 10.2 Å². The van der Waals surface area contributed by atoms with Gasteiger partial charge in [0.2, 0.25) is 0 Å². The molecule has 0 saturated heterocycles. The van der Waals surface area contributed by atoms with Crippen LogP contribution >= 0.6 is 0 Å². The first-order chi connectivity index (χ1) is 10.8. The normalized spacial score (nSPS) is 20.0. The predicted molar refractivity (Wildman–Crippen MR) is 89.8 cm³/mol. The van der Waals surface area contributed by atoms with E-state index < -0.39 is 0 Å². The molecule has 2 fully saturated rings. The summed E-state index contributed by atoms with van der Waals surface area (Å²) in [5.41, 5.74) is 0. The summed E-state index contributed by atoms with van der Waals surface area (Å²) >= 11 is 0. The van der Waals surface area contributed by atoms with E-state index in [0.29, 0.717) is 24.4 Å². The van der Waals surface area contributed by atoms with Gasteiger partial charge in [0.25, 0.3) is 0 Å². The summed E-state index contributed by atoms with van der Waals surface area (Å²) in [5, 5.41) is 12.6. The van der Waals surface area contributed by atoms with Crippen molar-refractivity contribution < 1.29 is 9.90 Å². The van der Waals surface area contributed by atoms with Crippen LogP contribution in [0.2, 0.25) is 0 Å². The molecule has 22 heavy (non-hydrogen) atoms. The van der Waals surface area contributed by atoms with Gasteiger partial charge < -0.3 is 15.3 Å². The number of rotatable bonds is 8. The summed E-state index contributed by atoms with van der Waals surface area (Å²) in [6, 6.07) is 0.409. The topological polar surface area (TPSA) is 52.6 Å². The number of aliphatic hydroxyl groups is 1. The number of hydrogen-bond donors (Lipinski definition) is 2. The van der Waals surface area contributed by atoms with Crippen molar-refractivity contribution in [2.75, 3.05) is 19.7 Å². The molecule has 0 radical (unpaired) electrons. The number of nitrogens with one attached hydrogen (secondary N) is 1. The van der Waals surface area contributed by atoms with Crippen LogP contribution in [0.1, 0.15) is 71.1 Å². The molecule has 0 bridgehead atoms. The van der Waals surface area contributed by atoms with Crippen molar-refractivity contribution in [2.24, 2.45) is 11.8 Å². The number of aliphatic hydroxyl groups excluding tert-OH is 1. The van der Waals surface area contributed by atoms with Crippen LogP contribution in [0.15, 0.2) is 0 Å². The van der Waals surface area contributed by atoms with Crippen molar-refractivity contribution in [1.29, 1.82) is 0 Å². The van der Waals surface area contributed by atoms with Crippen LogP contribution < -0.4 is 5.32 Å². The SMILES string of the molecule is CCCCN(CCO)C(=O)NC(C1CCCC1)C1CCCC1. The molecule has 0 heterocycles. The molecule has 2 N–H and O–H groups in total. The van der Waals surface area contributed by atoms with Crippen LogP contribution in [0.4, 0.5) is 4.79 Å². The Balaban J connectivity index is 1.95. The summed E-state index contributed by atoms with van der Waals surface area (Å²) in [7, 11) is 0. The first-order valence-electron chi connectivity index (χ1n) is 9.42. The largest absolute Gasteiger partial charge is 0.395 e. The maximum absolute atomic E-state index is 12.7. The molecule has 0 atom stereocenters. The number of nitrogens with zero attached hydrogens (tertiary/aromatic N) is 1. The van der Waals surface area contributed by atoms with Crippen molar-refractivity contribution in [3.05, 3.63) is 0 Å². The Hall–Kier alpha value is -0.770. The quantitative estimate of drug-likeness (QED) is 0.720. The second-order valence-electron chi connectivity index (χ2n) is 7.13. The first kappa shape index (κ1) is 17.6. The molecule has 2 amide bonds. The molecule has 0 unspecified atom stereocenters. The molecule has 2 rings (SSSR count). The number of hydrogen-bond acceptors (Lipinski definition) is 2. The van der Waals surface area contributed by atoms with E-state index in [-0.39, 0.29) is 12.6 Å². The molecular weight excluding hydrogens is 276 g/mol. The Morgan fingerprint density at radius 1 is 1.09 bits per heavy atom. The second-order valence-corrected chi connectivity index (χ2v) is 7.13.